The minimum Gasteiger partial charge on any atom is -0.508 e. The van der Waals surface area contributed by atoms with E-state index in [-0.39, 0.29) is 35.5 Å². The standard InChI is InChI=1S/C14H16O6/c1-7(15)2-9(16)5-11-4-8-3-10(17)6-12(18)13(8)14(19)20-11/h3-4,6-7,9,15-18H,2,5H2,1H3. The van der Waals surface area contributed by atoms with Crippen molar-refractivity contribution < 1.29 is 24.8 Å². The first-order chi connectivity index (χ1) is 9.36. The van der Waals surface area contributed by atoms with Gasteiger partial charge in [0.1, 0.15) is 22.6 Å². The molecule has 0 aliphatic carbocycles. The van der Waals surface area contributed by atoms with Crippen LogP contribution in [0.15, 0.2) is 27.4 Å². The summed E-state index contributed by atoms with van der Waals surface area (Å²) in [5.41, 5.74) is -0.737. The number of phenols is 2. The number of rotatable bonds is 4. The normalized spacial score (nSPS) is 14.3. The summed E-state index contributed by atoms with van der Waals surface area (Å²) in [6.07, 6.45) is -1.29. The number of aliphatic hydroxyl groups excluding tert-OH is 2. The Morgan fingerprint density at radius 3 is 2.55 bits per heavy atom. The lowest BCUT2D eigenvalue weighted by Gasteiger charge is -2.12. The van der Waals surface area contributed by atoms with Gasteiger partial charge in [0.25, 0.3) is 0 Å². The smallest absolute Gasteiger partial charge is 0.347 e. The Kier molecular flexibility index (Phi) is 3.96. The number of fused-ring (bicyclic) bond motifs is 1. The fourth-order valence-electron chi connectivity index (χ4n) is 2.15. The maximum absolute atomic E-state index is 11.8. The average molecular weight is 280 g/mol. The summed E-state index contributed by atoms with van der Waals surface area (Å²) >= 11 is 0. The van der Waals surface area contributed by atoms with E-state index in [2.05, 4.69) is 0 Å². The fraction of sp³-hybridized carbons (Fsp3) is 0.357. The molecule has 0 bridgehead atoms. The quantitative estimate of drug-likeness (QED) is 0.661. The minimum absolute atomic E-state index is 0.0171. The van der Waals surface area contributed by atoms with Crippen molar-refractivity contribution in [1.82, 2.24) is 0 Å². The van der Waals surface area contributed by atoms with Crippen molar-refractivity contribution in [3.8, 4) is 11.5 Å². The number of phenolic OH excluding ortho intramolecular Hbond substituents is 2. The lowest BCUT2D eigenvalue weighted by Crippen LogP contribution is -2.18. The lowest BCUT2D eigenvalue weighted by atomic mass is 10.1. The van der Waals surface area contributed by atoms with Crippen LogP contribution in [0.4, 0.5) is 0 Å². The highest BCUT2D eigenvalue weighted by Crippen LogP contribution is 2.28. The first-order valence-corrected chi connectivity index (χ1v) is 6.21. The number of hydrogen-bond acceptors (Lipinski definition) is 6. The molecule has 20 heavy (non-hydrogen) atoms. The van der Waals surface area contributed by atoms with E-state index in [0.29, 0.717) is 5.39 Å². The summed E-state index contributed by atoms with van der Waals surface area (Å²) < 4.78 is 5.02. The van der Waals surface area contributed by atoms with Crippen LogP contribution in [0.3, 0.4) is 0 Å². The molecule has 0 saturated heterocycles. The SMILES string of the molecule is CC(O)CC(O)Cc1cc2cc(O)cc(O)c2c(=O)o1. The molecule has 2 atom stereocenters. The zero-order chi connectivity index (χ0) is 14.9. The van der Waals surface area contributed by atoms with Gasteiger partial charge in [-0.2, -0.15) is 0 Å². The Balaban J connectivity index is 2.40. The number of aromatic hydroxyl groups is 2. The molecule has 1 aromatic heterocycles. The Bertz CT molecular complexity index is 673. The second-order valence-corrected chi connectivity index (χ2v) is 4.87. The summed E-state index contributed by atoms with van der Waals surface area (Å²) in [5, 5.41) is 38.3. The maximum Gasteiger partial charge on any atom is 0.347 e. The van der Waals surface area contributed by atoms with Crippen LogP contribution in [0.2, 0.25) is 0 Å². The van der Waals surface area contributed by atoms with E-state index >= 15 is 0 Å². The van der Waals surface area contributed by atoms with E-state index in [9.17, 15) is 25.2 Å². The largest absolute Gasteiger partial charge is 0.508 e. The molecule has 1 aromatic carbocycles. The molecular weight excluding hydrogens is 264 g/mol. The van der Waals surface area contributed by atoms with Crippen molar-refractivity contribution in [2.24, 2.45) is 0 Å². The monoisotopic (exact) mass is 280 g/mol. The Morgan fingerprint density at radius 2 is 1.90 bits per heavy atom. The number of aliphatic hydroxyl groups is 2. The van der Waals surface area contributed by atoms with Crippen molar-refractivity contribution in [3.63, 3.8) is 0 Å². The Morgan fingerprint density at radius 1 is 1.20 bits per heavy atom. The van der Waals surface area contributed by atoms with Gasteiger partial charge in [-0.1, -0.05) is 0 Å². The summed E-state index contributed by atoms with van der Waals surface area (Å²) in [7, 11) is 0. The highest BCUT2D eigenvalue weighted by Gasteiger charge is 2.14. The van der Waals surface area contributed by atoms with Crippen molar-refractivity contribution in [2.45, 2.75) is 32.0 Å². The molecule has 2 rings (SSSR count). The molecule has 0 fully saturated rings. The molecule has 0 saturated carbocycles. The van der Waals surface area contributed by atoms with Crippen LogP contribution in [0.5, 0.6) is 11.5 Å². The van der Waals surface area contributed by atoms with Crippen LogP contribution >= 0.6 is 0 Å². The van der Waals surface area contributed by atoms with E-state index in [1.807, 2.05) is 0 Å². The highest BCUT2D eigenvalue weighted by atomic mass is 16.4. The molecule has 1 heterocycles. The van der Waals surface area contributed by atoms with Crippen molar-refractivity contribution in [2.75, 3.05) is 0 Å². The zero-order valence-electron chi connectivity index (χ0n) is 10.9. The Hall–Kier alpha value is -2.05. The van der Waals surface area contributed by atoms with Crippen LogP contribution in [0.25, 0.3) is 10.8 Å². The summed E-state index contributed by atoms with van der Waals surface area (Å²) in [6.45, 7) is 1.55. The molecule has 6 nitrogen and oxygen atoms in total. The second-order valence-electron chi connectivity index (χ2n) is 4.87. The van der Waals surface area contributed by atoms with Gasteiger partial charge in [-0.15, -0.1) is 0 Å². The molecule has 0 amide bonds. The predicted molar refractivity (Wildman–Crippen MR) is 71.8 cm³/mol. The van der Waals surface area contributed by atoms with Crippen molar-refractivity contribution in [3.05, 3.63) is 34.4 Å². The van der Waals surface area contributed by atoms with Gasteiger partial charge in [-0.05, 0) is 30.9 Å². The molecule has 6 heteroatoms. The third-order valence-corrected chi connectivity index (χ3v) is 2.93. The molecule has 0 aliphatic heterocycles. The zero-order valence-corrected chi connectivity index (χ0v) is 10.9. The van der Waals surface area contributed by atoms with E-state index in [1.165, 1.54) is 12.1 Å². The van der Waals surface area contributed by atoms with E-state index in [0.717, 1.165) is 6.07 Å². The van der Waals surface area contributed by atoms with Gasteiger partial charge in [0.05, 0.1) is 12.2 Å². The summed E-state index contributed by atoms with van der Waals surface area (Å²) in [6, 6.07) is 3.86. The van der Waals surface area contributed by atoms with Crippen LogP contribution in [0, 0.1) is 0 Å². The maximum atomic E-state index is 11.8. The Labute approximate surface area is 114 Å². The fourth-order valence-corrected chi connectivity index (χ4v) is 2.15. The summed E-state index contributed by atoms with van der Waals surface area (Å²) in [5.74, 6) is -0.304. The highest BCUT2D eigenvalue weighted by molar-refractivity contribution is 5.88. The van der Waals surface area contributed by atoms with Gasteiger partial charge in [-0.3, -0.25) is 0 Å². The van der Waals surface area contributed by atoms with Gasteiger partial charge >= 0.3 is 5.63 Å². The van der Waals surface area contributed by atoms with Crippen LogP contribution in [0.1, 0.15) is 19.1 Å². The van der Waals surface area contributed by atoms with Crippen LogP contribution < -0.4 is 5.63 Å². The first-order valence-electron chi connectivity index (χ1n) is 6.21. The topological polar surface area (TPSA) is 111 Å². The van der Waals surface area contributed by atoms with Gasteiger partial charge in [0, 0.05) is 12.5 Å². The van der Waals surface area contributed by atoms with Gasteiger partial charge in [0.2, 0.25) is 0 Å². The molecule has 2 unspecified atom stereocenters. The van der Waals surface area contributed by atoms with Crippen LogP contribution in [-0.4, -0.2) is 32.6 Å². The summed E-state index contributed by atoms with van der Waals surface area (Å²) in [4.78, 5) is 11.8. The van der Waals surface area contributed by atoms with Crippen molar-refractivity contribution in [1.29, 1.82) is 0 Å². The number of hydrogen-bond donors (Lipinski definition) is 4. The average Bonchev–Trinajstić information content (AvgIpc) is 2.25. The molecule has 4 N–H and O–H groups in total. The molecule has 2 aromatic rings. The van der Waals surface area contributed by atoms with Gasteiger partial charge in [-0.25, -0.2) is 4.79 Å². The molecule has 0 radical (unpaired) electrons. The van der Waals surface area contributed by atoms with E-state index in [4.69, 9.17) is 4.42 Å². The molecule has 0 aliphatic rings. The first kappa shape index (κ1) is 14.4. The predicted octanol–water partition coefficient (Wildman–Crippen LogP) is 0.878. The van der Waals surface area contributed by atoms with Gasteiger partial charge in [0.15, 0.2) is 0 Å². The lowest BCUT2D eigenvalue weighted by molar-refractivity contribution is 0.0871. The third-order valence-electron chi connectivity index (χ3n) is 2.93. The molecule has 0 spiro atoms. The van der Waals surface area contributed by atoms with E-state index < -0.39 is 17.8 Å². The van der Waals surface area contributed by atoms with Crippen molar-refractivity contribution >= 4 is 10.8 Å². The molecular formula is C14H16O6. The molecule has 108 valence electrons. The second kappa shape index (κ2) is 5.52. The van der Waals surface area contributed by atoms with E-state index in [1.54, 1.807) is 6.92 Å². The number of benzene rings is 1. The third kappa shape index (κ3) is 3.09. The van der Waals surface area contributed by atoms with Crippen LogP contribution in [-0.2, 0) is 6.42 Å². The van der Waals surface area contributed by atoms with Gasteiger partial charge < -0.3 is 24.8 Å². The minimum atomic E-state index is -0.846.